The van der Waals surface area contributed by atoms with Crippen molar-refractivity contribution in [1.82, 2.24) is 15.2 Å². The molecule has 2 heterocycles. The van der Waals surface area contributed by atoms with Gasteiger partial charge in [0.1, 0.15) is 5.01 Å². The Kier molecular flexibility index (Phi) is 5.15. The zero-order valence-corrected chi connectivity index (χ0v) is 12.3. The lowest BCUT2D eigenvalue weighted by Gasteiger charge is -2.34. The molecule has 1 unspecified atom stereocenters. The normalized spacial score (nSPS) is 19.5. The number of nitrogens with zero attached hydrogens (tertiary/aromatic N) is 2. The van der Waals surface area contributed by atoms with Crippen molar-refractivity contribution in [3.8, 4) is 0 Å². The van der Waals surface area contributed by atoms with Crippen molar-refractivity contribution < 1.29 is 9.53 Å². The molecule has 5 nitrogen and oxygen atoms in total. The van der Waals surface area contributed by atoms with E-state index in [1.54, 1.807) is 11.3 Å². The number of hydrogen-bond donors (Lipinski definition) is 1. The first-order chi connectivity index (χ1) is 9.24. The molecule has 1 fully saturated rings. The predicted molar refractivity (Wildman–Crippen MR) is 75.3 cm³/mol. The number of aryl methyl sites for hydroxylation is 1. The van der Waals surface area contributed by atoms with Crippen molar-refractivity contribution in [2.45, 2.75) is 39.3 Å². The number of hydrogen-bond acceptors (Lipinski definition) is 4. The Hall–Kier alpha value is -1.14. The third-order valence-corrected chi connectivity index (χ3v) is 4.44. The predicted octanol–water partition coefficient (Wildman–Crippen LogP) is 2.03. The van der Waals surface area contributed by atoms with Crippen LogP contribution in [0.25, 0.3) is 0 Å². The summed E-state index contributed by atoms with van der Waals surface area (Å²) in [6, 6.07) is 0.180. The van der Waals surface area contributed by atoms with Crippen LogP contribution in [0.15, 0.2) is 6.20 Å². The van der Waals surface area contributed by atoms with Gasteiger partial charge in [-0.25, -0.2) is 9.78 Å². The zero-order chi connectivity index (χ0) is 13.7. The first-order valence-electron chi connectivity index (χ1n) is 6.80. The summed E-state index contributed by atoms with van der Waals surface area (Å²) in [6.45, 7) is 6.63. The molecule has 1 aliphatic heterocycles. The van der Waals surface area contributed by atoms with E-state index in [2.05, 4.69) is 24.1 Å². The van der Waals surface area contributed by atoms with Gasteiger partial charge in [0.2, 0.25) is 0 Å². The average Bonchev–Trinajstić information content (AvgIpc) is 2.92. The smallest absolute Gasteiger partial charge is 0.318 e. The number of amides is 2. The third kappa shape index (κ3) is 3.67. The van der Waals surface area contributed by atoms with Gasteiger partial charge in [-0.2, -0.15) is 0 Å². The molecule has 1 atom stereocenters. The van der Waals surface area contributed by atoms with E-state index >= 15 is 0 Å². The van der Waals surface area contributed by atoms with Crippen molar-refractivity contribution in [2.24, 2.45) is 0 Å². The number of carbonyl (C=O) groups excluding carboxylic acids is 1. The van der Waals surface area contributed by atoms with Crippen molar-refractivity contribution in [2.75, 3.05) is 19.8 Å². The summed E-state index contributed by atoms with van der Waals surface area (Å²) in [4.78, 5) is 19.6. The van der Waals surface area contributed by atoms with E-state index in [-0.39, 0.29) is 12.1 Å². The molecule has 1 aliphatic rings. The lowest BCUT2D eigenvalue weighted by molar-refractivity contribution is 0.0112. The average molecular weight is 283 g/mol. The molecule has 19 heavy (non-hydrogen) atoms. The molecule has 2 amide bonds. The van der Waals surface area contributed by atoms with Crippen molar-refractivity contribution in [3.05, 3.63) is 16.1 Å². The van der Waals surface area contributed by atoms with Gasteiger partial charge in [-0.3, -0.25) is 0 Å². The van der Waals surface area contributed by atoms with Gasteiger partial charge in [-0.05, 0) is 12.8 Å². The third-order valence-electron chi connectivity index (χ3n) is 3.30. The molecule has 106 valence electrons. The van der Waals surface area contributed by atoms with E-state index in [9.17, 15) is 4.79 Å². The number of urea groups is 1. The summed E-state index contributed by atoms with van der Waals surface area (Å²) in [7, 11) is 0. The van der Waals surface area contributed by atoms with Crippen molar-refractivity contribution >= 4 is 17.4 Å². The van der Waals surface area contributed by atoms with Gasteiger partial charge in [0.15, 0.2) is 0 Å². The van der Waals surface area contributed by atoms with Crippen LogP contribution in [0.3, 0.4) is 0 Å². The molecule has 0 saturated carbocycles. The highest BCUT2D eigenvalue weighted by Gasteiger charge is 2.25. The molecule has 6 heteroatoms. The maximum atomic E-state index is 12.2. The van der Waals surface area contributed by atoms with Crippen LogP contribution in [0.2, 0.25) is 0 Å². The molecular weight excluding hydrogens is 262 g/mol. The van der Waals surface area contributed by atoms with Crippen LogP contribution in [0.1, 0.15) is 30.2 Å². The van der Waals surface area contributed by atoms with Gasteiger partial charge in [0.05, 0.1) is 25.8 Å². The van der Waals surface area contributed by atoms with Crippen LogP contribution < -0.4 is 5.32 Å². The lowest BCUT2D eigenvalue weighted by atomic mass is 10.2. The highest BCUT2D eigenvalue weighted by molar-refractivity contribution is 7.11. The largest absolute Gasteiger partial charge is 0.377 e. The highest BCUT2D eigenvalue weighted by atomic mass is 32.1. The minimum atomic E-state index is -0.0107. The molecule has 1 aromatic rings. The summed E-state index contributed by atoms with van der Waals surface area (Å²) in [5.74, 6) is 0. The Balaban J connectivity index is 1.86. The number of thiazole rings is 1. The number of rotatable bonds is 4. The Morgan fingerprint density at radius 1 is 1.63 bits per heavy atom. The van der Waals surface area contributed by atoms with E-state index in [0.29, 0.717) is 26.3 Å². The molecular formula is C13H21N3O2S. The summed E-state index contributed by atoms with van der Waals surface area (Å²) < 4.78 is 5.40. The van der Waals surface area contributed by atoms with Crippen molar-refractivity contribution in [3.63, 3.8) is 0 Å². The summed E-state index contributed by atoms with van der Waals surface area (Å²) in [5, 5.41) is 3.91. The van der Waals surface area contributed by atoms with Crippen LogP contribution in [-0.2, 0) is 17.7 Å². The van der Waals surface area contributed by atoms with Crippen LogP contribution in [0.5, 0.6) is 0 Å². The summed E-state index contributed by atoms with van der Waals surface area (Å²) in [6.07, 6.45) is 3.80. The Morgan fingerprint density at radius 2 is 2.47 bits per heavy atom. The van der Waals surface area contributed by atoms with Gasteiger partial charge >= 0.3 is 6.03 Å². The van der Waals surface area contributed by atoms with E-state index in [4.69, 9.17) is 4.74 Å². The monoisotopic (exact) mass is 283 g/mol. The van der Waals surface area contributed by atoms with Gasteiger partial charge in [0, 0.05) is 17.6 Å². The van der Waals surface area contributed by atoms with E-state index in [1.165, 1.54) is 4.88 Å². The fourth-order valence-electron chi connectivity index (χ4n) is 2.11. The second kappa shape index (κ2) is 6.86. The second-order valence-corrected chi connectivity index (χ2v) is 5.76. The molecule has 0 aliphatic carbocycles. The lowest BCUT2D eigenvalue weighted by Crippen LogP contribution is -2.52. The molecule has 0 bridgehead atoms. The van der Waals surface area contributed by atoms with E-state index in [0.717, 1.165) is 17.8 Å². The molecule has 0 aromatic carbocycles. The van der Waals surface area contributed by atoms with Gasteiger partial charge in [0.25, 0.3) is 0 Å². The fourth-order valence-corrected chi connectivity index (χ4v) is 2.91. The number of nitrogens with one attached hydrogen (secondary N) is 1. The SMILES string of the molecule is CCc1cnc(CNC(=O)N2CCOCC2CC)s1. The number of carbonyl (C=O) groups is 1. The van der Waals surface area contributed by atoms with E-state index in [1.807, 2.05) is 11.1 Å². The molecule has 2 rings (SSSR count). The standard InChI is InChI=1S/C13H21N3O2S/c1-3-10-9-18-6-5-16(10)13(17)15-8-12-14-7-11(4-2)19-12/h7,10H,3-6,8-9H2,1-2H3,(H,15,17). The number of aromatic nitrogens is 1. The number of ether oxygens (including phenoxy) is 1. The molecule has 1 aromatic heterocycles. The maximum Gasteiger partial charge on any atom is 0.318 e. The summed E-state index contributed by atoms with van der Waals surface area (Å²) in [5.41, 5.74) is 0. The second-order valence-electron chi connectivity index (χ2n) is 4.56. The maximum absolute atomic E-state index is 12.2. The Bertz CT molecular complexity index is 422. The van der Waals surface area contributed by atoms with Gasteiger partial charge in [-0.15, -0.1) is 11.3 Å². The van der Waals surface area contributed by atoms with Crippen LogP contribution in [0, 0.1) is 0 Å². The first kappa shape index (κ1) is 14.3. The van der Waals surface area contributed by atoms with Gasteiger partial charge in [-0.1, -0.05) is 13.8 Å². The quantitative estimate of drug-likeness (QED) is 0.920. The highest BCUT2D eigenvalue weighted by Crippen LogP contribution is 2.14. The van der Waals surface area contributed by atoms with Crippen LogP contribution in [0.4, 0.5) is 4.79 Å². The van der Waals surface area contributed by atoms with Gasteiger partial charge < -0.3 is 15.0 Å². The Labute approximate surface area is 118 Å². The summed E-state index contributed by atoms with van der Waals surface area (Å²) >= 11 is 1.66. The Morgan fingerprint density at radius 3 is 3.16 bits per heavy atom. The fraction of sp³-hybridized carbons (Fsp3) is 0.692. The molecule has 0 spiro atoms. The minimum absolute atomic E-state index is 0.0107. The van der Waals surface area contributed by atoms with Crippen LogP contribution in [-0.4, -0.2) is 41.7 Å². The first-order valence-corrected chi connectivity index (χ1v) is 7.62. The van der Waals surface area contributed by atoms with E-state index < -0.39 is 0 Å². The van der Waals surface area contributed by atoms with Crippen LogP contribution >= 0.6 is 11.3 Å². The topological polar surface area (TPSA) is 54.5 Å². The molecule has 1 N–H and O–H groups in total. The molecule has 0 radical (unpaired) electrons. The number of morpholine rings is 1. The molecule has 1 saturated heterocycles. The van der Waals surface area contributed by atoms with Crippen molar-refractivity contribution in [1.29, 1.82) is 0 Å². The zero-order valence-electron chi connectivity index (χ0n) is 11.5. The minimum Gasteiger partial charge on any atom is -0.377 e.